The van der Waals surface area contributed by atoms with Gasteiger partial charge in [0.15, 0.2) is 0 Å². The van der Waals surface area contributed by atoms with Gasteiger partial charge in [0.1, 0.15) is 17.4 Å². The normalized spacial score (nSPS) is 12.8. The number of benzene rings is 2. The van der Waals surface area contributed by atoms with Crippen LogP contribution in [0, 0.1) is 0 Å². The molecular weight excluding hydrogens is 334 g/mol. The molecule has 3 nitrogen and oxygen atoms in total. The molecule has 0 unspecified atom stereocenters. The minimum absolute atomic E-state index is 0.236. The van der Waals surface area contributed by atoms with Crippen molar-refractivity contribution in [1.29, 1.82) is 0 Å². The lowest BCUT2D eigenvalue weighted by molar-refractivity contribution is 0.0504. The number of hydrogen-bond acceptors (Lipinski definition) is 3. The fourth-order valence-corrected chi connectivity index (χ4v) is 3.08. The first-order valence-electron chi connectivity index (χ1n) is 8.79. The molecular formula is C21H24ClNO2. The first-order chi connectivity index (χ1) is 12.2. The largest absolute Gasteiger partial charge is 0.458 e. The molecule has 132 valence electrons. The number of ether oxygens (including phenoxy) is 1. The SMILES string of the molecule is CCN(CC)CCO[C@H](c1ccc(Cl)cc1)c1cc2ccccc2o1. The van der Waals surface area contributed by atoms with Gasteiger partial charge in [0.25, 0.3) is 0 Å². The molecule has 0 fully saturated rings. The second-order valence-corrected chi connectivity index (χ2v) is 6.45. The number of likely N-dealkylation sites (N-methyl/N-ethyl adjacent to an activating group) is 1. The van der Waals surface area contributed by atoms with Crippen LogP contribution < -0.4 is 0 Å². The van der Waals surface area contributed by atoms with E-state index in [1.807, 2.05) is 42.5 Å². The Morgan fingerprint density at radius 1 is 1.04 bits per heavy atom. The Hall–Kier alpha value is -1.81. The standard InChI is InChI=1S/C21H24ClNO2/c1-3-23(4-2)13-14-24-21(16-9-11-18(22)12-10-16)20-15-17-7-5-6-8-19(17)25-20/h5-12,15,21H,3-4,13-14H2,1-2H3/t21-/m1/s1. The molecule has 0 saturated carbocycles. The van der Waals surface area contributed by atoms with Crippen molar-refractivity contribution in [3.63, 3.8) is 0 Å². The summed E-state index contributed by atoms with van der Waals surface area (Å²) in [5.41, 5.74) is 1.92. The molecule has 1 aromatic heterocycles. The molecule has 4 heteroatoms. The zero-order chi connectivity index (χ0) is 17.6. The van der Waals surface area contributed by atoms with Crippen molar-refractivity contribution < 1.29 is 9.15 Å². The third-order valence-corrected chi connectivity index (χ3v) is 4.71. The van der Waals surface area contributed by atoms with Gasteiger partial charge in [0, 0.05) is 17.0 Å². The molecule has 1 heterocycles. The maximum absolute atomic E-state index is 6.24. The van der Waals surface area contributed by atoms with E-state index in [1.54, 1.807) is 0 Å². The predicted octanol–water partition coefficient (Wildman–Crippen LogP) is 5.53. The van der Waals surface area contributed by atoms with E-state index >= 15 is 0 Å². The van der Waals surface area contributed by atoms with Gasteiger partial charge >= 0.3 is 0 Å². The van der Waals surface area contributed by atoms with Crippen molar-refractivity contribution in [2.75, 3.05) is 26.2 Å². The van der Waals surface area contributed by atoms with Crippen LogP contribution in [-0.4, -0.2) is 31.1 Å². The van der Waals surface area contributed by atoms with Crippen molar-refractivity contribution in [3.8, 4) is 0 Å². The van der Waals surface area contributed by atoms with E-state index in [1.165, 1.54) is 0 Å². The van der Waals surface area contributed by atoms with Crippen LogP contribution in [0.4, 0.5) is 0 Å². The number of hydrogen-bond donors (Lipinski definition) is 0. The zero-order valence-corrected chi connectivity index (χ0v) is 15.5. The molecule has 0 aliphatic rings. The average molecular weight is 358 g/mol. The monoisotopic (exact) mass is 357 g/mol. The molecule has 0 bridgehead atoms. The Bertz CT molecular complexity index is 760. The summed E-state index contributed by atoms with van der Waals surface area (Å²) >= 11 is 6.04. The molecule has 0 saturated heterocycles. The topological polar surface area (TPSA) is 25.6 Å². The van der Waals surface area contributed by atoms with Crippen LogP contribution in [0.1, 0.15) is 31.3 Å². The Morgan fingerprint density at radius 2 is 1.76 bits per heavy atom. The van der Waals surface area contributed by atoms with Crippen molar-refractivity contribution >= 4 is 22.6 Å². The maximum Gasteiger partial charge on any atom is 0.140 e. The summed E-state index contributed by atoms with van der Waals surface area (Å²) in [6, 6.07) is 17.9. The molecule has 0 aliphatic carbocycles. The number of nitrogens with zero attached hydrogens (tertiary/aromatic N) is 1. The number of halogens is 1. The van der Waals surface area contributed by atoms with Gasteiger partial charge < -0.3 is 14.1 Å². The van der Waals surface area contributed by atoms with E-state index in [-0.39, 0.29) is 6.10 Å². The zero-order valence-electron chi connectivity index (χ0n) is 14.7. The second kappa shape index (κ2) is 8.52. The van der Waals surface area contributed by atoms with E-state index in [2.05, 4.69) is 30.9 Å². The molecule has 0 radical (unpaired) electrons. The first kappa shape index (κ1) is 18.0. The Balaban J connectivity index is 1.84. The Morgan fingerprint density at radius 3 is 2.44 bits per heavy atom. The number of furan rings is 1. The lowest BCUT2D eigenvalue weighted by Crippen LogP contribution is -2.27. The van der Waals surface area contributed by atoms with Gasteiger partial charge in [0.05, 0.1) is 6.61 Å². The predicted molar refractivity (Wildman–Crippen MR) is 103 cm³/mol. The van der Waals surface area contributed by atoms with Gasteiger partial charge in [-0.25, -0.2) is 0 Å². The van der Waals surface area contributed by atoms with E-state index in [4.69, 9.17) is 20.8 Å². The van der Waals surface area contributed by atoms with Crippen LogP contribution in [0.2, 0.25) is 5.02 Å². The molecule has 0 amide bonds. The summed E-state index contributed by atoms with van der Waals surface area (Å²) in [4.78, 5) is 2.34. The van der Waals surface area contributed by atoms with Gasteiger partial charge in [0.2, 0.25) is 0 Å². The molecule has 1 atom stereocenters. The summed E-state index contributed by atoms with van der Waals surface area (Å²) in [6.45, 7) is 7.93. The van der Waals surface area contributed by atoms with E-state index in [9.17, 15) is 0 Å². The third kappa shape index (κ3) is 4.43. The van der Waals surface area contributed by atoms with Gasteiger partial charge in [-0.3, -0.25) is 0 Å². The fraction of sp³-hybridized carbons (Fsp3) is 0.333. The van der Waals surface area contributed by atoms with Gasteiger partial charge in [-0.15, -0.1) is 0 Å². The highest BCUT2D eigenvalue weighted by Crippen LogP contribution is 2.31. The minimum atomic E-state index is -0.236. The summed E-state index contributed by atoms with van der Waals surface area (Å²) in [5.74, 6) is 0.822. The molecule has 3 rings (SSSR count). The smallest absolute Gasteiger partial charge is 0.140 e. The van der Waals surface area contributed by atoms with Crippen LogP contribution >= 0.6 is 11.6 Å². The lowest BCUT2D eigenvalue weighted by Gasteiger charge is -2.21. The van der Waals surface area contributed by atoms with Crippen LogP contribution in [0.5, 0.6) is 0 Å². The van der Waals surface area contributed by atoms with Crippen LogP contribution in [0.15, 0.2) is 59.0 Å². The average Bonchev–Trinajstić information content (AvgIpc) is 3.07. The second-order valence-electron chi connectivity index (χ2n) is 6.02. The molecule has 25 heavy (non-hydrogen) atoms. The van der Waals surface area contributed by atoms with Crippen molar-refractivity contribution in [2.45, 2.75) is 20.0 Å². The summed E-state index contributed by atoms with van der Waals surface area (Å²) in [6.07, 6.45) is -0.236. The van der Waals surface area contributed by atoms with Crippen LogP contribution in [0.25, 0.3) is 11.0 Å². The summed E-state index contributed by atoms with van der Waals surface area (Å²) in [7, 11) is 0. The molecule has 0 spiro atoms. The molecule has 2 aromatic carbocycles. The number of para-hydroxylation sites is 1. The van der Waals surface area contributed by atoms with Crippen molar-refractivity contribution in [3.05, 3.63) is 70.9 Å². The Labute approximate surface area is 154 Å². The van der Waals surface area contributed by atoms with Gasteiger partial charge in [-0.05, 0) is 42.9 Å². The summed E-state index contributed by atoms with van der Waals surface area (Å²) < 4.78 is 12.3. The van der Waals surface area contributed by atoms with E-state index < -0.39 is 0 Å². The van der Waals surface area contributed by atoms with Crippen LogP contribution in [0.3, 0.4) is 0 Å². The quantitative estimate of drug-likeness (QED) is 0.529. The highest BCUT2D eigenvalue weighted by molar-refractivity contribution is 6.30. The van der Waals surface area contributed by atoms with Crippen molar-refractivity contribution in [2.24, 2.45) is 0 Å². The fourth-order valence-electron chi connectivity index (χ4n) is 2.95. The van der Waals surface area contributed by atoms with Gasteiger partial charge in [-0.2, -0.15) is 0 Å². The highest BCUT2D eigenvalue weighted by atomic mass is 35.5. The summed E-state index contributed by atoms with van der Waals surface area (Å²) in [5, 5.41) is 1.80. The molecule has 0 N–H and O–H groups in total. The highest BCUT2D eigenvalue weighted by Gasteiger charge is 2.19. The van der Waals surface area contributed by atoms with Gasteiger partial charge in [-0.1, -0.05) is 55.8 Å². The van der Waals surface area contributed by atoms with E-state index in [0.717, 1.165) is 46.9 Å². The minimum Gasteiger partial charge on any atom is -0.458 e. The first-order valence-corrected chi connectivity index (χ1v) is 9.17. The number of rotatable bonds is 8. The van der Waals surface area contributed by atoms with Crippen LogP contribution in [-0.2, 0) is 4.74 Å². The molecule has 3 aromatic rings. The maximum atomic E-state index is 6.24. The number of fused-ring (bicyclic) bond motifs is 1. The Kier molecular flexibility index (Phi) is 6.14. The molecule has 0 aliphatic heterocycles. The third-order valence-electron chi connectivity index (χ3n) is 4.46. The van der Waals surface area contributed by atoms with E-state index in [0.29, 0.717) is 6.61 Å². The lowest BCUT2D eigenvalue weighted by atomic mass is 10.1. The van der Waals surface area contributed by atoms with Crippen molar-refractivity contribution in [1.82, 2.24) is 4.90 Å².